The summed E-state index contributed by atoms with van der Waals surface area (Å²) in [6.07, 6.45) is 6.58. The summed E-state index contributed by atoms with van der Waals surface area (Å²) >= 11 is 0. The number of urea groups is 1. The van der Waals surface area contributed by atoms with Crippen molar-refractivity contribution in [3.63, 3.8) is 0 Å². The lowest BCUT2D eigenvalue weighted by atomic mass is 9.77. The lowest BCUT2D eigenvalue weighted by Crippen LogP contribution is -2.52. The van der Waals surface area contributed by atoms with E-state index in [0.29, 0.717) is 39.3 Å². The second kappa shape index (κ2) is 8.35. The molecule has 6 nitrogen and oxygen atoms in total. The van der Waals surface area contributed by atoms with Crippen LogP contribution in [0.15, 0.2) is 36.4 Å². The molecule has 1 aromatic rings. The quantitative estimate of drug-likeness (QED) is 0.806. The Kier molecular flexibility index (Phi) is 5.67. The highest BCUT2D eigenvalue weighted by molar-refractivity contribution is 5.80. The molecule has 3 aliphatic rings. The van der Waals surface area contributed by atoms with Crippen molar-refractivity contribution in [2.75, 3.05) is 52.5 Å². The number of hydrogen-bond acceptors (Lipinski definition) is 3. The highest BCUT2D eigenvalue weighted by atomic mass is 16.5. The van der Waals surface area contributed by atoms with E-state index in [2.05, 4.69) is 24.3 Å². The molecule has 3 saturated heterocycles. The molecular weight excluding hydrogens is 354 g/mol. The molecule has 1 spiro atoms. The Bertz CT molecular complexity index is 720. The van der Waals surface area contributed by atoms with Crippen LogP contribution >= 0.6 is 0 Å². The predicted molar refractivity (Wildman–Crippen MR) is 108 cm³/mol. The van der Waals surface area contributed by atoms with Gasteiger partial charge in [-0.3, -0.25) is 4.79 Å². The van der Waals surface area contributed by atoms with Crippen molar-refractivity contribution in [2.45, 2.75) is 19.3 Å². The standard InChI is InChI=1S/C22H29N3O3/c26-20-17-22(18-25(20)10-4-7-19-5-2-1-3-6-19)8-11-23(12-9-22)21(27)24-13-15-28-16-14-24/h1-7H,8-18H2. The third-order valence-corrected chi connectivity index (χ3v) is 6.22. The van der Waals surface area contributed by atoms with Crippen molar-refractivity contribution < 1.29 is 14.3 Å². The number of hydrogen-bond donors (Lipinski definition) is 0. The van der Waals surface area contributed by atoms with Crippen LogP contribution in [-0.4, -0.2) is 79.1 Å². The first-order chi connectivity index (χ1) is 13.7. The van der Waals surface area contributed by atoms with Crippen molar-refractivity contribution in [1.29, 1.82) is 0 Å². The van der Waals surface area contributed by atoms with E-state index < -0.39 is 0 Å². The Balaban J connectivity index is 1.29. The number of carbonyl (C=O) groups excluding carboxylic acids is 2. The molecule has 3 aliphatic heterocycles. The van der Waals surface area contributed by atoms with Gasteiger partial charge in [-0.1, -0.05) is 42.5 Å². The second-order valence-electron chi connectivity index (χ2n) is 8.13. The van der Waals surface area contributed by atoms with Gasteiger partial charge in [-0.2, -0.15) is 0 Å². The topological polar surface area (TPSA) is 53.1 Å². The van der Waals surface area contributed by atoms with Crippen LogP contribution in [0.25, 0.3) is 6.08 Å². The summed E-state index contributed by atoms with van der Waals surface area (Å²) in [5, 5.41) is 0. The average Bonchev–Trinajstić information content (AvgIpc) is 3.04. The molecule has 3 heterocycles. The van der Waals surface area contributed by atoms with Gasteiger partial charge in [-0.05, 0) is 18.4 Å². The van der Waals surface area contributed by atoms with Gasteiger partial charge in [-0.15, -0.1) is 0 Å². The lowest BCUT2D eigenvalue weighted by molar-refractivity contribution is -0.127. The Morgan fingerprint density at radius 1 is 1.04 bits per heavy atom. The first-order valence-electron chi connectivity index (χ1n) is 10.3. The molecule has 0 atom stereocenters. The fraction of sp³-hybridized carbons (Fsp3) is 0.545. The van der Waals surface area contributed by atoms with E-state index in [9.17, 15) is 9.59 Å². The van der Waals surface area contributed by atoms with Gasteiger partial charge in [0.05, 0.1) is 13.2 Å². The largest absolute Gasteiger partial charge is 0.378 e. The van der Waals surface area contributed by atoms with Crippen LogP contribution in [0.5, 0.6) is 0 Å². The van der Waals surface area contributed by atoms with Gasteiger partial charge in [0.2, 0.25) is 5.91 Å². The Morgan fingerprint density at radius 2 is 1.71 bits per heavy atom. The van der Waals surface area contributed by atoms with Gasteiger partial charge < -0.3 is 19.4 Å². The molecule has 150 valence electrons. The zero-order valence-corrected chi connectivity index (χ0v) is 16.4. The Hall–Kier alpha value is -2.34. The summed E-state index contributed by atoms with van der Waals surface area (Å²) in [6.45, 7) is 5.58. The van der Waals surface area contributed by atoms with Crippen LogP contribution in [0.1, 0.15) is 24.8 Å². The molecule has 0 radical (unpaired) electrons. The molecule has 3 amide bonds. The monoisotopic (exact) mass is 383 g/mol. The van der Waals surface area contributed by atoms with Gasteiger partial charge in [0, 0.05) is 51.1 Å². The molecule has 0 bridgehead atoms. The molecule has 4 rings (SSSR count). The number of amides is 3. The number of ether oxygens (including phenoxy) is 1. The maximum Gasteiger partial charge on any atom is 0.320 e. The highest BCUT2D eigenvalue weighted by Gasteiger charge is 2.45. The lowest BCUT2D eigenvalue weighted by Gasteiger charge is -2.41. The molecule has 0 aliphatic carbocycles. The summed E-state index contributed by atoms with van der Waals surface area (Å²) in [6, 6.07) is 10.3. The number of rotatable bonds is 3. The van der Waals surface area contributed by atoms with Gasteiger partial charge in [0.1, 0.15) is 0 Å². The molecule has 3 fully saturated rings. The van der Waals surface area contributed by atoms with Gasteiger partial charge in [0.25, 0.3) is 0 Å². The molecule has 0 N–H and O–H groups in total. The predicted octanol–water partition coefficient (Wildman–Crippen LogP) is 2.47. The maximum atomic E-state index is 12.7. The molecule has 0 saturated carbocycles. The Labute approximate surface area is 166 Å². The summed E-state index contributed by atoms with van der Waals surface area (Å²) < 4.78 is 5.34. The van der Waals surface area contributed by atoms with E-state index in [4.69, 9.17) is 4.74 Å². The van der Waals surface area contributed by atoms with Crippen LogP contribution in [0.3, 0.4) is 0 Å². The van der Waals surface area contributed by atoms with Crippen molar-refractivity contribution in [3.05, 3.63) is 42.0 Å². The number of morpholine rings is 1. The minimum atomic E-state index is 0.0411. The highest BCUT2D eigenvalue weighted by Crippen LogP contribution is 2.41. The van der Waals surface area contributed by atoms with Crippen LogP contribution < -0.4 is 0 Å². The number of nitrogens with zero attached hydrogens (tertiary/aromatic N) is 3. The average molecular weight is 383 g/mol. The number of carbonyl (C=O) groups is 2. The molecule has 28 heavy (non-hydrogen) atoms. The minimum absolute atomic E-state index is 0.0411. The molecule has 0 unspecified atom stereocenters. The zero-order chi connectivity index (χ0) is 19.4. The van der Waals surface area contributed by atoms with E-state index in [-0.39, 0.29) is 17.4 Å². The van der Waals surface area contributed by atoms with Crippen LogP contribution in [0.4, 0.5) is 4.79 Å². The van der Waals surface area contributed by atoms with E-state index >= 15 is 0 Å². The van der Waals surface area contributed by atoms with Crippen LogP contribution in [0, 0.1) is 5.41 Å². The summed E-state index contributed by atoms with van der Waals surface area (Å²) in [5.41, 5.74) is 1.19. The zero-order valence-electron chi connectivity index (χ0n) is 16.4. The number of piperidine rings is 1. The van der Waals surface area contributed by atoms with E-state index in [1.165, 1.54) is 0 Å². The minimum Gasteiger partial charge on any atom is -0.378 e. The molecule has 1 aromatic carbocycles. The van der Waals surface area contributed by atoms with Crippen molar-refractivity contribution in [1.82, 2.24) is 14.7 Å². The van der Waals surface area contributed by atoms with E-state index in [0.717, 1.165) is 38.0 Å². The van der Waals surface area contributed by atoms with E-state index in [1.54, 1.807) is 0 Å². The summed E-state index contributed by atoms with van der Waals surface area (Å²) in [4.78, 5) is 31.0. The van der Waals surface area contributed by atoms with Crippen LogP contribution in [-0.2, 0) is 9.53 Å². The smallest absolute Gasteiger partial charge is 0.320 e. The molecule has 6 heteroatoms. The Morgan fingerprint density at radius 3 is 2.43 bits per heavy atom. The third-order valence-electron chi connectivity index (χ3n) is 6.22. The maximum absolute atomic E-state index is 12.7. The van der Waals surface area contributed by atoms with Crippen molar-refractivity contribution in [2.24, 2.45) is 5.41 Å². The molecule has 0 aromatic heterocycles. The second-order valence-corrected chi connectivity index (χ2v) is 8.13. The van der Waals surface area contributed by atoms with Crippen molar-refractivity contribution in [3.8, 4) is 0 Å². The van der Waals surface area contributed by atoms with Crippen molar-refractivity contribution >= 4 is 18.0 Å². The first kappa shape index (κ1) is 19.0. The van der Waals surface area contributed by atoms with Gasteiger partial charge in [0.15, 0.2) is 0 Å². The molecular formula is C22H29N3O3. The van der Waals surface area contributed by atoms with Crippen LogP contribution in [0.2, 0.25) is 0 Å². The van der Waals surface area contributed by atoms with Gasteiger partial charge in [-0.25, -0.2) is 4.79 Å². The summed E-state index contributed by atoms with van der Waals surface area (Å²) in [7, 11) is 0. The number of likely N-dealkylation sites (tertiary alicyclic amines) is 2. The first-order valence-corrected chi connectivity index (χ1v) is 10.3. The number of benzene rings is 1. The fourth-order valence-corrected chi connectivity index (χ4v) is 4.49. The summed E-state index contributed by atoms with van der Waals surface area (Å²) in [5.74, 6) is 0.241. The van der Waals surface area contributed by atoms with E-state index in [1.807, 2.05) is 32.9 Å². The normalized spacial score (nSPS) is 22.4. The third kappa shape index (κ3) is 4.22. The fourth-order valence-electron chi connectivity index (χ4n) is 4.49. The SMILES string of the molecule is O=C1CC2(CCN(C(=O)N3CCOCC3)CC2)CN1CC=Cc1ccccc1. The van der Waals surface area contributed by atoms with Gasteiger partial charge >= 0.3 is 6.03 Å².